The second kappa shape index (κ2) is 8.39. The molecule has 0 saturated carbocycles. The highest BCUT2D eigenvalue weighted by Gasteiger charge is 2.33. The lowest BCUT2D eigenvalue weighted by Gasteiger charge is -2.13. The predicted octanol–water partition coefficient (Wildman–Crippen LogP) is 5.68. The molecule has 0 saturated heterocycles. The zero-order chi connectivity index (χ0) is 22.9. The first kappa shape index (κ1) is 21.4. The quantitative estimate of drug-likeness (QED) is 0.465. The van der Waals surface area contributed by atoms with Crippen LogP contribution in [0.1, 0.15) is 11.3 Å². The standard InChI is InChI=1S/C21H14ClF3N4O3/c22-15-6-3-12(9-14(15)21(23,24)25)28-20(31)27-11-1-4-13(5-2-11)32-17-7-8-26-16-10-18(30)29-19(16)17/h1-9H,10H2,(H,29,30)(H2,27,28,31). The molecule has 32 heavy (non-hydrogen) atoms. The summed E-state index contributed by atoms with van der Waals surface area (Å²) in [6.07, 6.45) is -2.92. The third-order valence-corrected chi connectivity index (χ3v) is 4.78. The second-order valence-electron chi connectivity index (χ2n) is 6.75. The lowest BCUT2D eigenvalue weighted by Crippen LogP contribution is -2.19. The maximum absolute atomic E-state index is 13.0. The monoisotopic (exact) mass is 462 g/mol. The van der Waals surface area contributed by atoms with Crippen molar-refractivity contribution in [2.75, 3.05) is 16.0 Å². The van der Waals surface area contributed by atoms with Crippen LogP contribution < -0.4 is 20.7 Å². The Morgan fingerprint density at radius 2 is 1.75 bits per heavy atom. The van der Waals surface area contributed by atoms with Crippen LogP contribution in [-0.4, -0.2) is 16.9 Å². The summed E-state index contributed by atoms with van der Waals surface area (Å²) in [5.74, 6) is 0.706. The summed E-state index contributed by atoms with van der Waals surface area (Å²) in [7, 11) is 0. The van der Waals surface area contributed by atoms with E-state index in [1.165, 1.54) is 12.3 Å². The Bertz CT molecular complexity index is 1200. The molecule has 0 spiro atoms. The van der Waals surface area contributed by atoms with Crippen LogP contribution in [0.5, 0.6) is 11.5 Å². The van der Waals surface area contributed by atoms with Crippen molar-refractivity contribution in [3.05, 3.63) is 71.0 Å². The number of pyridine rings is 1. The summed E-state index contributed by atoms with van der Waals surface area (Å²) >= 11 is 5.57. The van der Waals surface area contributed by atoms with E-state index in [2.05, 4.69) is 20.9 Å². The Hall–Kier alpha value is -3.79. The van der Waals surface area contributed by atoms with Gasteiger partial charge in [0.15, 0.2) is 5.75 Å². The number of benzene rings is 2. The molecule has 3 amide bonds. The van der Waals surface area contributed by atoms with E-state index in [0.717, 1.165) is 12.1 Å². The van der Waals surface area contributed by atoms with Crippen LogP contribution in [-0.2, 0) is 17.4 Å². The van der Waals surface area contributed by atoms with Crippen LogP contribution in [0.25, 0.3) is 0 Å². The minimum absolute atomic E-state index is 0.0623. The molecule has 0 fully saturated rings. The number of fused-ring (bicyclic) bond motifs is 1. The van der Waals surface area contributed by atoms with E-state index in [-0.39, 0.29) is 18.0 Å². The molecule has 11 heteroatoms. The fourth-order valence-corrected chi connectivity index (χ4v) is 3.25. The number of hydrogen-bond donors (Lipinski definition) is 3. The summed E-state index contributed by atoms with van der Waals surface area (Å²) in [6, 6.07) is 10.2. The second-order valence-corrected chi connectivity index (χ2v) is 7.16. The molecule has 1 aromatic heterocycles. The maximum Gasteiger partial charge on any atom is 0.417 e. The Labute approximate surface area is 184 Å². The van der Waals surface area contributed by atoms with Crippen molar-refractivity contribution < 1.29 is 27.5 Å². The summed E-state index contributed by atoms with van der Waals surface area (Å²) in [5.41, 5.74) is 0.386. The highest BCUT2D eigenvalue weighted by Crippen LogP contribution is 2.37. The number of ether oxygens (including phenoxy) is 1. The minimum atomic E-state index is -4.64. The Morgan fingerprint density at radius 3 is 2.47 bits per heavy atom. The zero-order valence-electron chi connectivity index (χ0n) is 16.1. The molecule has 4 rings (SSSR count). The van der Waals surface area contributed by atoms with Gasteiger partial charge in [-0.2, -0.15) is 13.2 Å². The number of aromatic nitrogens is 1. The SMILES string of the molecule is O=C1Cc2nccc(Oc3ccc(NC(=O)Nc4ccc(Cl)c(C(F)(F)F)c4)cc3)c2N1. The van der Waals surface area contributed by atoms with Crippen molar-refractivity contribution in [3.63, 3.8) is 0 Å². The number of anilines is 3. The van der Waals surface area contributed by atoms with Gasteiger partial charge in [0.25, 0.3) is 0 Å². The van der Waals surface area contributed by atoms with Gasteiger partial charge in [0.2, 0.25) is 5.91 Å². The average molecular weight is 463 g/mol. The van der Waals surface area contributed by atoms with Crippen molar-refractivity contribution >= 4 is 40.6 Å². The molecule has 2 aromatic carbocycles. The van der Waals surface area contributed by atoms with E-state index in [1.54, 1.807) is 30.3 Å². The first-order valence-electron chi connectivity index (χ1n) is 9.19. The average Bonchev–Trinajstić information content (AvgIpc) is 3.11. The third-order valence-electron chi connectivity index (χ3n) is 4.45. The van der Waals surface area contributed by atoms with Crippen LogP contribution in [0.3, 0.4) is 0 Å². The number of alkyl halides is 3. The van der Waals surface area contributed by atoms with E-state index in [9.17, 15) is 22.8 Å². The molecule has 0 aliphatic carbocycles. The van der Waals surface area contributed by atoms with E-state index in [4.69, 9.17) is 16.3 Å². The molecule has 1 aliphatic rings. The van der Waals surface area contributed by atoms with Gasteiger partial charge in [0, 0.05) is 23.6 Å². The van der Waals surface area contributed by atoms with Gasteiger partial charge in [-0.3, -0.25) is 9.78 Å². The Balaban J connectivity index is 1.40. The fourth-order valence-electron chi connectivity index (χ4n) is 3.02. The highest BCUT2D eigenvalue weighted by molar-refractivity contribution is 6.31. The smallest absolute Gasteiger partial charge is 0.417 e. The summed E-state index contributed by atoms with van der Waals surface area (Å²) in [6.45, 7) is 0. The number of carbonyl (C=O) groups excluding carboxylic acids is 2. The number of rotatable bonds is 4. The molecule has 3 aromatic rings. The Kier molecular flexibility index (Phi) is 5.62. The van der Waals surface area contributed by atoms with Gasteiger partial charge in [0.1, 0.15) is 11.4 Å². The lowest BCUT2D eigenvalue weighted by molar-refractivity contribution is -0.137. The number of hydrogen-bond acceptors (Lipinski definition) is 4. The summed E-state index contributed by atoms with van der Waals surface area (Å²) in [4.78, 5) is 27.8. The molecule has 0 radical (unpaired) electrons. The van der Waals surface area contributed by atoms with Crippen molar-refractivity contribution in [2.45, 2.75) is 12.6 Å². The number of amides is 3. The predicted molar refractivity (Wildman–Crippen MR) is 112 cm³/mol. The molecular formula is C21H14ClF3N4O3. The minimum Gasteiger partial charge on any atom is -0.455 e. The molecular weight excluding hydrogens is 449 g/mol. The molecule has 0 unspecified atom stereocenters. The van der Waals surface area contributed by atoms with E-state index in [0.29, 0.717) is 28.6 Å². The normalized spacial score (nSPS) is 12.7. The number of carbonyl (C=O) groups is 2. The van der Waals surface area contributed by atoms with Gasteiger partial charge in [-0.1, -0.05) is 11.6 Å². The van der Waals surface area contributed by atoms with E-state index < -0.39 is 22.8 Å². The van der Waals surface area contributed by atoms with Crippen molar-refractivity contribution in [1.82, 2.24) is 4.98 Å². The van der Waals surface area contributed by atoms with Crippen LogP contribution in [0.15, 0.2) is 54.7 Å². The molecule has 0 atom stereocenters. The molecule has 3 N–H and O–H groups in total. The van der Waals surface area contributed by atoms with Gasteiger partial charge in [-0.25, -0.2) is 4.79 Å². The summed E-state index contributed by atoms with van der Waals surface area (Å²) in [5, 5.41) is 7.08. The third kappa shape index (κ3) is 4.75. The van der Waals surface area contributed by atoms with Gasteiger partial charge in [0.05, 0.1) is 22.7 Å². The fraction of sp³-hybridized carbons (Fsp3) is 0.0952. The van der Waals surface area contributed by atoms with Crippen LogP contribution >= 0.6 is 11.6 Å². The van der Waals surface area contributed by atoms with Crippen LogP contribution in [0, 0.1) is 0 Å². The van der Waals surface area contributed by atoms with Gasteiger partial charge < -0.3 is 20.7 Å². The lowest BCUT2D eigenvalue weighted by atomic mass is 10.2. The van der Waals surface area contributed by atoms with Crippen molar-refractivity contribution in [1.29, 1.82) is 0 Å². The van der Waals surface area contributed by atoms with Gasteiger partial charge in [-0.05, 0) is 42.5 Å². The molecule has 7 nitrogen and oxygen atoms in total. The number of nitrogens with one attached hydrogen (secondary N) is 3. The largest absolute Gasteiger partial charge is 0.455 e. The van der Waals surface area contributed by atoms with Crippen LogP contribution in [0.4, 0.5) is 35.0 Å². The van der Waals surface area contributed by atoms with E-state index in [1.807, 2.05) is 0 Å². The molecule has 164 valence electrons. The maximum atomic E-state index is 13.0. The first-order chi connectivity index (χ1) is 15.2. The van der Waals surface area contributed by atoms with Gasteiger partial charge in [-0.15, -0.1) is 0 Å². The van der Waals surface area contributed by atoms with Crippen molar-refractivity contribution in [3.8, 4) is 11.5 Å². The number of nitrogens with zero attached hydrogens (tertiary/aromatic N) is 1. The topological polar surface area (TPSA) is 92.3 Å². The highest BCUT2D eigenvalue weighted by atomic mass is 35.5. The summed E-state index contributed by atoms with van der Waals surface area (Å²) < 4.78 is 44.6. The Morgan fingerprint density at radius 1 is 1.06 bits per heavy atom. The van der Waals surface area contributed by atoms with Crippen LogP contribution in [0.2, 0.25) is 5.02 Å². The number of halogens is 4. The van der Waals surface area contributed by atoms with E-state index >= 15 is 0 Å². The molecule has 1 aliphatic heterocycles. The number of urea groups is 1. The van der Waals surface area contributed by atoms with Gasteiger partial charge >= 0.3 is 12.2 Å². The molecule has 2 heterocycles. The zero-order valence-corrected chi connectivity index (χ0v) is 16.8. The molecule has 0 bridgehead atoms. The van der Waals surface area contributed by atoms with Crippen molar-refractivity contribution in [2.24, 2.45) is 0 Å². The first-order valence-corrected chi connectivity index (χ1v) is 9.57.